The maximum Gasteiger partial charge on any atom is 0.296 e. The number of hydrogen-bond donors (Lipinski definition) is 1. The molecule has 0 unspecified atom stereocenters. The molecule has 1 aliphatic rings. The van der Waals surface area contributed by atoms with E-state index in [0.29, 0.717) is 47.2 Å². The summed E-state index contributed by atoms with van der Waals surface area (Å²) in [6, 6.07) is 6.72. The van der Waals surface area contributed by atoms with Gasteiger partial charge in [0.15, 0.2) is 11.3 Å². The first kappa shape index (κ1) is 18.6. The molecule has 0 amide bonds. The topological polar surface area (TPSA) is 97.4 Å². The van der Waals surface area contributed by atoms with Crippen LogP contribution in [0.2, 0.25) is 0 Å². The quantitative estimate of drug-likeness (QED) is 0.515. The molecule has 5 rings (SSSR count). The fourth-order valence-electron chi connectivity index (χ4n) is 3.78. The van der Waals surface area contributed by atoms with Gasteiger partial charge in [-0.1, -0.05) is 6.57 Å². The summed E-state index contributed by atoms with van der Waals surface area (Å²) in [7, 11) is 1.72. The number of rotatable bonds is 4. The summed E-state index contributed by atoms with van der Waals surface area (Å²) >= 11 is 0. The molecule has 0 bridgehead atoms. The van der Waals surface area contributed by atoms with E-state index in [0.717, 1.165) is 5.56 Å². The van der Waals surface area contributed by atoms with Gasteiger partial charge in [0.05, 0.1) is 31.1 Å². The molecule has 1 N–H and O–H groups in total. The Balaban J connectivity index is 1.56. The van der Waals surface area contributed by atoms with Gasteiger partial charge in [-0.3, -0.25) is 4.40 Å². The Morgan fingerprint density at radius 1 is 1.42 bits per heavy atom. The van der Waals surface area contributed by atoms with Gasteiger partial charge in [0, 0.05) is 30.3 Å². The number of nitrogens with zero attached hydrogens (tertiary/aromatic N) is 7. The molecule has 3 aromatic heterocycles. The maximum atomic E-state index is 14.5. The van der Waals surface area contributed by atoms with Crippen LogP contribution in [-0.2, 0) is 20.0 Å². The van der Waals surface area contributed by atoms with Crippen LogP contribution < -0.4 is 10.1 Å². The molecule has 31 heavy (non-hydrogen) atoms. The van der Waals surface area contributed by atoms with Gasteiger partial charge in [0.2, 0.25) is 5.95 Å². The molecule has 1 aromatic carbocycles. The van der Waals surface area contributed by atoms with Gasteiger partial charge in [-0.15, -0.1) is 0 Å². The van der Waals surface area contributed by atoms with Crippen LogP contribution in [0.3, 0.4) is 0 Å². The molecule has 0 saturated heterocycles. The number of halogens is 1. The summed E-state index contributed by atoms with van der Waals surface area (Å²) in [5, 5.41) is 16.7. The molecule has 1 aliphatic heterocycles. The zero-order valence-electron chi connectivity index (χ0n) is 16.4. The Morgan fingerprint density at radius 3 is 3.06 bits per heavy atom. The van der Waals surface area contributed by atoms with E-state index in [9.17, 15) is 9.65 Å². The summed E-state index contributed by atoms with van der Waals surface area (Å²) < 4.78 is 23.2. The van der Waals surface area contributed by atoms with E-state index >= 15 is 0 Å². The molecular formula is C21H15FN8O. The summed E-state index contributed by atoms with van der Waals surface area (Å²) in [5.74, 6) is 1.05. The predicted octanol–water partition coefficient (Wildman–Crippen LogP) is 3.24. The van der Waals surface area contributed by atoms with Crippen LogP contribution in [0.15, 0.2) is 30.6 Å². The van der Waals surface area contributed by atoms with E-state index in [4.69, 9.17) is 11.3 Å². The first-order valence-electron chi connectivity index (χ1n) is 9.46. The smallest absolute Gasteiger partial charge is 0.296 e. The van der Waals surface area contributed by atoms with E-state index in [-0.39, 0.29) is 23.9 Å². The van der Waals surface area contributed by atoms with Gasteiger partial charge in [-0.05, 0) is 23.3 Å². The highest BCUT2D eigenvalue weighted by atomic mass is 19.1. The number of fused-ring (bicyclic) bond motifs is 2. The largest absolute Gasteiger partial charge is 0.493 e. The molecule has 4 heterocycles. The van der Waals surface area contributed by atoms with Crippen molar-refractivity contribution >= 4 is 17.4 Å². The highest BCUT2D eigenvalue weighted by Gasteiger charge is 2.21. The van der Waals surface area contributed by atoms with Crippen molar-refractivity contribution in [2.45, 2.75) is 13.0 Å². The summed E-state index contributed by atoms with van der Waals surface area (Å²) in [4.78, 5) is 12.2. The van der Waals surface area contributed by atoms with Gasteiger partial charge < -0.3 is 14.9 Å². The lowest BCUT2D eigenvalue weighted by atomic mass is 10.0. The van der Waals surface area contributed by atoms with Crippen molar-refractivity contribution in [1.82, 2.24) is 24.1 Å². The summed E-state index contributed by atoms with van der Waals surface area (Å²) in [5.41, 5.74) is 3.35. The molecular weight excluding hydrogens is 399 g/mol. The van der Waals surface area contributed by atoms with E-state index < -0.39 is 0 Å². The van der Waals surface area contributed by atoms with Gasteiger partial charge >= 0.3 is 0 Å². The highest BCUT2D eigenvalue weighted by Crippen LogP contribution is 2.31. The van der Waals surface area contributed by atoms with E-state index in [1.54, 1.807) is 40.7 Å². The molecule has 0 atom stereocenters. The van der Waals surface area contributed by atoms with Crippen LogP contribution in [0.1, 0.15) is 16.8 Å². The lowest BCUT2D eigenvalue weighted by Crippen LogP contribution is -2.10. The second kappa shape index (κ2) is 7.11. The Kier molecular flexibility index (Phi) is 4.26. The van der Waals surface area contributed by atoms with Crippen molar-refractivity contribution in [2.24, 2.45) is 7.05 Å². The molecule has 0 aliphatic carbocycles. The van der Waals surface area contributed by atoms with Crippen molar-refractivity contribution in [3.05, 3.63) is 64.6 Å². The molecule has 9 nitrogen and oxygen atoms in total. The molecule has 0 saturated carbocycles. The van der Waals surface area contributed by atoms with Gasteiger partial charge in [-0.25, -0.2) is 14.4 Å². The Morgan fingerprint density at radius 2 is 2.29 bits per heavy atom. The number of nitriles is 1. The second-order valence-corrected chi connectivity index (χ2v) is 7.00. The number of aryl methyl sites for hydroxylation is 1. The lowest BCUT2D eigenvalue weighted by molar-refractivity contribution is 0.356. The fraction of sp³-hybridized carbons (Fsp3) is 0.190. The minimum absolute atomic E-state index is 0.202. The molecule has 10 heteroatoms. The number of ether oxygens (including phenoxy) is 1. The van der Waals surface area contributed by atoms with E-state index in [1.807, 2.05) is 6.07 Å². The van der Waals surface area contributed by atoms with Crippen molar-refractivity contribution < 1.29 is 9.13 Å². The van der Waals surface area contributed by atoms with Crippen molar-refractivity contribution in [2.75, 3.05) is 11.9 Å². The number of nitrogens with one attached hydrogen (secondary N) is 1. The molecule has 152 valence electrons. The first-order chi connectivity index (χ1) is 15.1. The Labute approximate surface area is 176 Å². The second-order valence-electron chi connectivity index (χ2n) is 7.00. The standard InChI is InChI=1S/C21H15FN8O/c1-24-19-7-17(29(2)28-19)15-10-26-21(30-11-12(8-23)27-20(15)30)25-9-14-13-5-6-31-18(13)4-3-16(14)22/h3-4,7,10-11H,5-6,9H2,2H3,(H,25,26). The molecule has 4 aromatic rings. The van der Waals surface area contributed by atoms with Gasteiger partial charge in [0.1, 0.15) is 17.6 Å². The molecule has 0 radical (unpaired) electrons. The van der Waals surface area contributed by atoms with Gasteiger partial charge in [-0.2, -0.15) is 9.94 Å². The van der Waals surface area contributed by atoms with Crippen LogP contribution in [0.4, 0.5) is 16.2 Å². The summed E-state index contributed by atoms with van der Waals surface area (Å²) in [6.45, 7) is 7.91. The predicted molar refractivity (Wildman–Crippen MR) is 109 cm³/mol. The van der Waals surface area contributed by atoms with Crippen LogP contribution >= 0.6 is 0 Å². The highest BCUT2D eigenvalue weighted by molar-refractivity contribution is 5.78. The van der Waals surface area contributed by atoms with Gasteiger partial charge in [0.25, 0.3) is 5.82 Å². The third kappa shape index (κ3) is 3.02. The zero-order chi connectivity index (χ0) is 21.5. The lowest BCUT2D eigenvalue weighted by Gasteiger charge is -2.12. The van der Waals surface area contributed by atoms with Crippen LogP contribution in [0.25, 0.3) is 21.7 Å². The van der Waals surface area contributed by atoms with E-state index in [1.165, 1.54) is 6.07 Å². The Hall–Kier alpha value is -4.44. The average molecular weight is 414 g/mol. The minimum Gasteiger partial charge on any atom is -0.493 e. The van der Waals surface area contributed by atoms with Crippen molar-refractivity contribution in [1.29, 1.82) is 5.26 Å². The fourth-order valence-corrected chi connectivity index (χ4v) is 3.78. The van der Waals surface area contributed by atoms with Crippen LogP contribution in [-0.4, -0.2) is 30.8 Å². The third-order valence-electron chi connectivity index (χ3n) is 5.23. The number of benzene rings is 1. The first-order valence-corrected chi connectivity index (χ1v) is 9.46. The molecule has 0 spiro atoms. The monoisotopic (exact) mass is 414 g/mol. The SMILES string of the molecule is [C-]#[N+]c1cc(-c2cnc(NCc3c(F)ccc4c3CCO4)n3cc(C#N)nc23)n(C)n1. The summed E-state index contributed by atoms with van der Waals surface area (Å²) in [6.07, 6.45) is 3.82. The van der Waals surface area contributed by atoms with E-state index in [2.05, 4.69) is 25.2 Å². The number of imidazole rings is 1. The maximum absolute atomic E-state index is 14.5. The number of hydrogen-bond acceptors (Lipinski definition) is 6. The molecule has 0 fully saturated rings. The average Bonchev–Trinajstić information content (AvgIpc) is 3.50. The zero-order valence-corrected chi connectivity index (χ0v) is 16.4. The van der Waals surface area contributed by atoms with Crippen LogP contribution in [0, 0.1) is 23.7 Å². The Bertz CT molecular complexity index is 1420. The van der Waals surface area contributed by atoms with Crippen molar-refractivity contribution in [3.63, 3.8) is 0 Å². The van der Waals surface area contributed by atoms with Crippen molar-refractivity contribution in [3.8, 4) is 23.1 Å². The normalized spacial score (nSPS) is 12.3. The number of aromatic nitrogens is 5. The number of anilines is 1. The third-order valence-corrected chi connectivity index (χ3v) is 5.23. The minimum atomic E-state index is -0.311. The van der Waals surface area contributed by atoms with Crippen LogP contribution in [0.5, 0.6) is 5.75 Å².